The lowest BCUT2D eigenvalue weighted by molar-refractivity contribution is -0.120. The Morgan fingerprint density at radius 1 is 1.12 bits per heavy atom. The molecule has 0 saturated carbocycles. The number of rotatable bonds is 6. The number of amidine groups is 1. The minimum absolute atomic E-state index is 0.0128. The maximum absolute atomic E-state index is 13.0. The number of carbonyl (C=O) groups is 1. The van der Waals surface area contributed by atoms with Gasteiger partial charge in [0, 0.05) is 48.2 Å². The largest absolute Gasteiger partial charge is 0.398 e. The van der Waals surface area contributed by atoms with Gasteiger partial charge in [0.15, 0.2) is 0 Å². The van der Waals surface area contributed by atoms with Crippen LogP contribution in [0.25, 0.3) is 11.3 Å². The first-order valence-electron chi connectivity index (χ1n) is 11.3. The molecule has 1 aliphatic rings. The number of nitrogens with two attached hydrogens (primary N) is 2. The zero-order valence-electron chi connectivity index (χ0n) is 19.4. The number of benzene rings is 2. The second-order valence-corrected chi connectivity index (χ2v) is 8.53. The van der Waals surface area contributed by atoms with Crippen molar-refractivity contribution in [1.29, 1.82) is 5.41 Å². The molecule has 1 aliphatic heterocycles. The molecule has 9 heteroatoms. The highest BCUT2D eigenvalue weighted by Crippen LogP contribution is 2.31. The summed E-state index contributed by atoms with van der Waals surface area (Å²) in [4.78, 5) is 24.4. The lowest BCUT2D eigenvalue weighted by Crippen LogP contribution is -2.46. The smallest absolute Gasteiger partial charge is 0.229 e. The van der Waals surface area contributed by atoms with Crippen molar-refractivity contribution in [2.24, 2.45) is 11.7 Å². The minimum Gasteiger partial charge on any atom is -0.398 e. The average molecular weight is 459 g/mol. The molecule has 2 unspecified atom stereocenters. The molecule has 1 amide bonds. The van der Waals surface area contributed by atoms with Gasteiger partial charge >= 0.3 is 0 Å². The van der Waals surface area contributed by atoms with Crippen LogP contribution in [-0.2, 0) is 4.79 Å². The number of nitrogens with one attached hydrogen (secondary N) is 3. The summed E-state index contributed by atoms with van der Waals surface area (Å²) in [5, 5.41) is 13.7. The van der Waals surface area contributed by atoms with Crippen molar-refractivity contribution < 1.29 is 4.79 Å². The molecule has 0 radical (unpaired) electrons. The van der Waals surface area contributed by atoms with Gasteiger partial charge in [-0.2, -0.15) is 4.98 Å². The van der Waals surface area contributed by atoms with Crippen molar-refractivity contribution >= 4 is 34.9 Å². The van der Waals surface area contributed by atoms with E-state index in [-0.39, 0.29) is 23.7 Å². The molecule has 0 spiro atoms. The molecule has 2 atom stereocenters. The molecule has 2 heterocycles. The molecule has 2 aromatic carbocycles. The van der Waals surface area contributed by atoms with Crippen molar-refractivity contribution in [3.63, 3.8) is 0 Å². The monoisotopic (exact) mass is 458 g/mol. The summed E-state index contributed by atoms with van der Waals surface area (Å²) in [5.41, 5.74) is 14.9. The number of anilines is 4. The highest BCUT2D eigenvalue weighted by Gasteiger charge is 2.31. The third-order valence-corrected chi connectivity index (χ3v) is 6.16. The zero-order chi connectivity index (χ0) is 24.2. The van der Waals surface area contributed by atoms with Gasteiger partial charge in [0.1, 0.15) is 11.7 Å². The van der Waals surface area contributed by atoms with Gasteiger partial charge in [0.05, 0.1) is 11.6 Å². The third-order valence-electron chi connectivity index (χ3n) is 6.16. The van der Waals surface area contributed by atoms with E-state index in [9.17, 15) is 4.79 Å². The first-order chi connectivity index (χ1) is 16.4. The normalized spacial score (nSPS) is 17.8. The summed E-state index contributed by atoms with van der Waals surface area (Å²) in [5.74, 6) is 1.00. The minimum atomic E-state index is -0.154. The van der Waals surface area contributed by atoms with Gasteiger partial charge in [-0.05, 0) is 44.0 Å². The van der Waals surface area contributed by atoms with Crippen LogP contribution in [0.1, 0.15) is 25.3 Å². The van der Waals surface area contributed by atoms with Gasteiger partial charge in [-0.15, -0.1) is 0 Å². The lowest BCUT2D eigenvalue weighted by atomic mass is 9.92. The molecule has 3 aromatic rings. The Morgan fingerprint density at radius 3 is 2.56 bits per heavy atom. The van der Waals surface area contributed by atoms with E-state index < -0.39 is 0 Å². The van der Waals surface area contributed by atoms with Crippen LogP contribution in [0, 0.1) is 11.3 Å². The molecule has 0 aliphatic carbocycles. The summed E-state index contributed by atoms with van der Waals surface area (Å²) in [7, 11) is 1.77. The van der Waals surface area contributed by atoms with Crippen LogP contribution in [0.15, 0.2) is 54.6 Å². The summed E-state index contributed by atoms with van der Waals surface area (Å²) in [6, 6.07) is 17.0. The number of hydrogen-bond donors (Lipinski definition) is 5. The van der Waals surface area contributed by atoms with E-state index in [0.29, 0.717) is 29.4 Å². The van der Waals surface area contributed by atoms with E-state index in [1.165, 1.54) is 0 Å². The maximum atomic E-state index is 13.0. The number of amides is 1. The maximum Gasteiger partial charge on any atom is 0.229 e. The Hall–Kier alpha value is -4.14. The van der Waals surface area contributed by atoms with Gasteiger partial charge in [-0.25, -0.2) is 4.98 Å². The number of carbonyl (C=O) groups excluding carboxylic acids is 1. The van der Waals surface area contributed by atoms with Crippen LogP contribution >= 0.6 is 0 Å². The Kier molecular flexibility index (Phi) is 6.62. The lowest BCUT2D eigenvalue weighted by Gasteiger charge is -2.38. The summed E-state index contributed by atoms with van der Waals surface area (Å²) >= 11 is 0. The third kappa shape index (κ3) is 4.93. The summed E-state index contributed by atoms with van der Waals surface area (Å²) in [6.07, 6.45) is 1.69. The molecule has 9 nitrogen and oxygen atoms in total. The quantitative estimate of drug-likeness (QED) is 0.216. The van der Waals surface area contributed by atoms with Gasteiger partial charge < -0.3 is 27.0 Å². The standard InChI is InChI=1S/C25H30N8O/c1-15-8-9-17(24(34)30-18-6-4-3-5-7-18)14-33(15)22-13-21(31-25(29-2)32-22)16-10-11-19(23(27)28)20(26)12-16/h3-7,10-13,15,17H,8-9,14,26H2,1-2H3,(H3,27,28)(H,30,34)(H,29,31,32). The molecule has 1 aromatic heterocycles. The number of nitrogens with zero attached hydrogens (tertiary/aromatic N) is 3. The second-order valence-electron chi connectivity index (χ2n) is 8.53. The van der Waals surface area contributed by atoms with Crippen LogP contribution in [-0.4, -0.2) is 41.3 Å². The first-order valence-corrected chi connectivity index (χ1v) is 11.3. The Balaban J connectivity index is 1.61. The predicted octanol–water partition coefficient (Wildman–Crippen LogP) is 3.30. The molecule has 1 saturated heterocycles. The van der Waals surface area contributed by atoms with E-state index in [1.54, 1.807) is 19.2 Å². The molecule has 34 heavy (non-hydrogen) atoms. The van der Waals surface area contributed by atoms with Crippen molar-refractivity contribution in [2.45, 2.75) is 25.8 Å². The topological polar surface area (TPSA) is 146 Å². The van der Waals surface area contributed by atoms with Gasteiger partial charge in [0.2, 0.25) is 11.9 Å². The van der Waals surface area contributed by atoms with E-state index in [2.05, 4.69) is 32.4 Å². The fraction of sp³-hybridized carbons (Fsp3) is 0.280. The van der Waals surface area contributed by atoms with Crippen molar-refractivity contribution in [2.75, 3.05) is 34.9 Å². The van der Waals surface area contributed by atoms with E-state index in [4.69, 9.17) is 16.9 Å². The highest BCUT2D eigenvalue weighted by atomic mass is 16.1. The second kappa shape index (κ2) is 9.78. The number of hydrogen-bond acceptors (Lipinski definition) is 7. The van der Waals surface area contributed by atoms with Crippen LogP contribution < -0.4 is 27.0 Å². The van der Waals surface area contributed by atoms with Gasteiger partial charge in [-0.3, -0.25) is 10.2 Å². The average Bonchev–Trinajstić information content (AvgIpc) is 2.84. The fourth-order valence-electron chi connectivity index (χ4n) is 4.21. The highest BCUT2D eigenvalue weighted by molar-refractivity contribution is 6.00. The number of aromatic nitrogens is 2. The SMILES string of the molecule is CNc1nc(-c2ccc(C(=N)N)c(N)c2)cc(N2CC(C(=O)Nc3ccccc3)CCC2C)n1. The van der Waals surface area contributed by atoms with Crippen LogP contribution in [0.2, 0.25) is 0 Å². The van der Waals surface area contributed by atoms with E-state index in [0.717, 1.165) is 29.9 Å². The number of piperidine rings is 1. The van der Waals surface area contributed by atoms with Crippen LogP contribution in [0.4, 0.5) is 23.1 Å². The zero-order valence-corrected chi connectivity index (χ0v) is 19.4. The van der Waals surface area contributed by atoms with Gasteiger partial charge in [0.25, 0.3) is 0 Å². The summed E-state index contributed by atoms with van der Waals surface area (Å²) < 4.78 is 0. The van der Waals surface area contributed by atoms with Crippen molar-refractivity contribution in [3.8, 4) is 11.3 Å². The van der Waals surface area contributed by atoms with E-state index in [1.807, 2.05) is 42.5 Å². The number of nitrogen functional groups attached to an aromatic ring is 2. The van der Waals surface area contributed by atoms with E-state index >= 15 is 0 Å². The number of para-hydroxylation sites is 1. The van der Waals surface area contributed by atoms with Crippen molar-refractivity contribution in [3.05, 3.63) is 60.2 Å². The first kappa shape index (κ1) is 23.0. The molecular weight excluding hydrogens is 428 g/mol. The fourth-order valence-corrected chi connectivity index (χ4v) is 4.21. The van der Waals surface area contributed by atoms with Gasteiger partial charge in [-0.1, -0.05) is 24.3 Å². The molecule has 0 bridgehead atoms. The molecule has 176 valence electrons. The molecule has 4 rings (SSSR count). The van der Waals surface area contributed by atoms with Crippen molar-refractivity contribution in [1.82, 2.24) is 9.97 Å². The van der Waals surface area contributed by atoms with Crippen LogP contribution in [0.3, 0.4) is 0 Å². The van der Waals surface area contributed by atoms with Crippen LogP contribution in [0.5, 0.6) is 0 Å². The molecule has 7 N–H and O–H groups in total. The Morgan fingerprint density at radius 2 is 1.88 bits per heavy atom. The Bertz CT molecular complexity index is 1200. The predicted molar refractivity (Wildman–Crippen MR) is 137 cm³/mol. The molecular formula is C25H30N8O. The summed E-state index contributed by atoms with van der Waals surface area (Å²) in [6.45, 7) is 2.71. The Labute approximate surface area is 199 Å². The molecule has 1 fully saturated rings.